The van der Waals surface area contributed by atoms with E-state index >= 15 is 0 Å². The summed E-state index contributed by atoms with van der Waals surface area (Å²) in [6.45, 7) is 4.40. The summed E-state index contributed by atoms with van der Waals surface area (Å²) in [5, 5.41) is 27.3. The second kappa shape index (κ2) is 5.74. The van der Waals surface area contributed by atoms with E-state index in [4.69, 9.17) is 5.11 Å². The molecule has 2 atom stereocenters. The fraction of sp³-hybridized carbons (Fsp3) is 0.667. The lowest BCUT2D eigenvalue weighted by Gasteiger charge is -2.24. The van der Waals surface area contributed by atoms with E-state index in [-0.39, 0.29) is 19.4 Å². The summed E-state index contributed by atoms with van der Waals surface area (Å²) >= 11 is 0. The summed E-state index contributed by atoms with van der Waals surface area (Å²) < 4.78 is 4.44. The van der Waals surface area contributed by atoms with Gasteiger partial charge in [0.25, 0.3) is 0 Å². The number of esters is 1. The second-order valence-electron chi connectivity index (χ2n) is 3.27. The van der Waals surface area contributed by atoms with Crippen LogP contribution in [0, 0.1) is 0 Å². The highest BCUT2D eigenvalue weighted by Gasteiger charge is 2.25. The van der Waals surface area contributed by atoms with E-state index in [0.717, 1.165) is 6.08 Å². The largest absolute Gasteiger partial charge is 0.433 e. The fourth-order valence-corrected chi connectivity index (χ4v) is 0.943. The standard InChI is InChI=1S/C9H16O5/c1-3-7(11)14-8(12)6-9(2,13)4-5-10/h3,8,10,12-13H,1,4-6H2,2H3. The molecule has 0 aliphatic carbocycles. The first kappa shape index (κ1) is 13.1. The molecule has 0 spiro atoms. The number of hydrogen-bond donors (Lipinski definition) is 3. The van der Waals surface area contributed by atoms with Crippen LogP contribution in [-0.4, -0.2) is 39.8 Å². The van der Waals surface area contributed by atoms with Crippen molar-refractivity contribution in [3.05, 3.63) is 12.7 Å². The Labute approximate surface area is 82.6 Å². The van der Waals surface area contributed by atoms with E-state index in [1.54, 1.807) is 0 Å². The molecule has 0 saturated carbocycles. The monoisotopic (exact) mass is 204 g/mol. The van der Waals surface area contributed by atoms with Crippen LogP contribution < -0.4 is 0 Å². The van der Waals surface area contributed by atoms with Gasteiger partial charge < -0.3 is 20.1 Å². The average Bonchev–Trinajstić information content (AvgIpc) is 2.02. The molecule has 82 valence electrons. The van der Waals surface area contributed by atoms with Crippen molar-refractivity contribution in [2.75, 3.05) is 6.61 Å². The Balaban J connectivity index is 3.97. The molecule has 0 bridgehead atoms. The predicted octanol–water partition coefficient (Wildman–Crippen LogP) is -0.443. The number of aliphatic hydroxyl groups is 3. The van der Waals surface area contributed by atoms with Crippen LogP contribution in [0.1, 0.15) is 19.8 Å². The summed E-state index contributed by atoms with van der Waals surface area (Å²) in [6, 6.07) is 0. The number of aliphatic hydroxyl groups excluding tert-OH is 2. The van der Waals surface area contributed by atoms with Crippen LogP contribution in [0.4, 0.5) is 0 Å². The molecule has 2 unspecified atom stereocenters. The molecule has 5 nitrogen and oxygen atoms in total. The normalized spacial score (nSPS) is 16.9. The maximum atomic E-state index is 10.6. The Bertz CT molecular complexity index is 199. The minimum absolute atomic E-state index is 0.107. The van der Waals surface area contributed by atoms with Gasteiger partial charge in [0.1, 0.15) is 0 Å². The third-order valence-corrected chi connectivity index (χ3v) is 1.68. The number of carbonyl (C=O) groups is 1. The molecule has 0 aliphatic heterocycles. The van der Waals surface area contributed by atoms with Crippen LogP contribution >= 0.6 is 0 Å². The van der Waals surface area contributed by atoms with Crippen LogP contribution in [0.25, 0.3) is 0 Å². The van der Waals surface area contributed by atoms with Gasteiger partial charge in [-0.15, -0.1) is 0 Å². The Kier molecular flexibility index (Phi) is 5.37. The molecule has 0 aromatic rings. The molecule has 0 aromatic carbocycles. The van der Waals surface area contributed by atoms with Crippen LogP contribution in [0.5, 0.6) is 0 Å². The van der Waals surface area contributed by atoms with E-state index < -0.39 is 17.9 Å². The van der Waals surface area contributed by atoms with Crippen LogP contribution in [0.3, 0.4) is 0 Å². The van der Waals surface area contributed by atoms with Crippen molar-refractivity contribution in [1.29, 1.82) is 0 Å². The van der Waals surface area contributed by atoms with E-state index in [1.165, 1.54) is 6.92 Å². The predicted molar refractivity (Wildman–Crippen MR) is 49.2 cm³/mol. The summed E-state index contributed by atoms with van der Waals surface area (Å²) in [6.07, 6.45) is -0.505. The maximum absolute atomic E-state index is 10.6. The number of carbonyl (C=O) groups excluding carboxylic acids is 1. The van der Waals surface area contributed by atoms with Gasteiger partial charge in [-0.3, -0.25) is 0 Å². The molecule has 0 saturated heterocycles. The fourth-order valence-electron chi connectivity index (χ4n) is 0.943. The van der Waals surface area contributed by atoms with Gasteiger partial charge >= 0.3 is 5.97 Å². The zero-order valence-electron chi connectivity index (χ0n) is 8.14. The minimum atomic E-state index is -1.39. The van der Waals surface area contributed by atoms with Gasteiger partial charge in [0.2, 0.25) is 6.29 Å². The molecule has 0 radical (unpaired) electrons. The highest BCUT2D eigenvalue weighted by Crippen LogP contribution is 2.16. The first-order valence-corrected chi connectivity index (χ1v) is 4.25. The Morgan fingerprint density at radius 3 is 2.71 bits per heavy atom. The Hall–Kier alpha value is -0.910. The lowest BCUT2D eigenvalue weighted by Crippen LogP contribution is -2.33. The van der Waals surface area contributed by atoms with Crippen molar-refractivity contribution in [2.45, 2.75) is 31.7 Å². The van der Waals surface area contributed by atoms with Gasteiger partial charge in [0.05, 0.1) is 5.60 Å². The highest BCUT2D eigenvalue weighted by molar-refractivity contribution is 5.81. The SMILES string of the molecule is C=CC(=O)OC(O)CC(C)(O)CCO. The summed E-state index contributed by atoms with van der Waals surface area (Å²) in [5.74, 6) is -0.753. The topological polar surface area (TPSA) is 87.0 Å². The van der Waals surface area contributed by atoms with Gasteiger partial charge in [-0.2, -0.15) is 0 Å². The van der Waals surface area contributed by atoms with Crippen molar-refractivity contribution in [3.63, 3.8) is 0 Å². The van der Waals surface area contributed by atoms with Crippen molar-refractivity contribution in [3.8, 4) is 0 Å². The molecule has 0 amide bonds. The molecule has 0 rings (SSSR count). The van der Waals surface area contributed by atoms with E-state index in [2.05, 4.69) is 11.3 Å². The lowest BCUT2D eigenvalue weighted by molar-refractivity contribution is -0.171. The third-order valence-electron chi connectivity index (χ3n) is 1.68. The smallest absolute Gasteiger partial charge is 0.332 e. The summed E-state index contributed by atoms with van der Waals surface area (Å²) in [5.41, 5.74) is -1.25. The second-order valence-corrected chi connectivity index (χ2v) is 3.27. The molecule has 0 fully saturated rings. The lowest BCUT2D eigenvalue weighted by atomic mass is 9.98. The average molecular weight is 204 g/mol. The van der Waals surface area contributed by atoms with Gasteiger partial charge in [-0.25, -0.2) is 4.79 Å². The molecule has 0 aliphatic rings. The first-order chi connectivity index (χ1) is 6.41. The quantitative estimate of drug-likeness (QED) is 0.310. The van der Waals surface area contributed by atoms with Gasteiger partial charge in [0, 0.05) is 19.1 Å². The Morgan fingerprint density at radius 2 is 2.29 bits per heavy atom. The summed E-state index contributed by atoms with van der Waals surface area (Å²) in [4.78, 5) is 10.6. The van der Waals surface area contributed by atoms with E-state index in [1.807, 2.05) is 0 Å². The molecule has 5 heteroatoms. The van der Waals surface area contributed by atoms with Gasteiger partial charge in [-0.1, -0.05) is 6.58 Å². The van der Waals surface area contributed by atoms with Crippen molar-refractivity contribution in [1.82, 2.24) is 0 Å². The van der Waals surface area contributed by atoms with E-state index in [9.17, 15) is 15.0 Å². The van der Waals surface area contributed by atoms with Crippen LogP contribution in [0.15, 0.2) is 12.7 Å². The number of rotatable bonds is 6. The minimum Gasteiger partial charge on any atom is -0.433 e. The molecule has 0 aromatic heterocycles. The molecular weight excluding hydrogens is 188 g/mol. The zero-order chi connectivity index (χ0) is 11.2. The van der Waals surface area contributed by atoms with E-state index in [0.29, 0.717) is 0 Å². The molecule has 0 heterocycles. The molecular formula is C9H16O5. The first-order valence-electron chi connectivity index (χ1n) is 4.25. The maximum Gasteiger partial charge on any atom is 0.332 e. The molecule has 14 heavy (non-hydrogen) atoms. The highest BCUT2D eigenvalue weighted by atomic mass is 16.6. The Morgan fingerprint density at radius 1 is 1.71 bits per heavy atom. The third kappa shape index (κ3) is 5.69. The number of hydrogen-bond acceptors (Lipinski definition) is 5. The number of ether oxygens (including phenoxy) is 1. The zero-order valence-corrected chi connectivity index (χ0v) is 8.14. The molecule has 3 N–H and O–H groups in total. The van der Waals surface area contributed by atoms with Gasteiger partial charge in [0.15, 0.2) is 0 Å². The summed E-state index contributed by atoms with van der Waals surface area (Å²) in [7, 11) is 0. The van der Waals surface area contributed by atoms with Gasteiger partial charge in [-0.05, 0) is 13.3 Å². The van der Waals surface area contributed by atoms with Crippen molar-refractivity contribution < 1.29 is 24.9 Å². The van der Waals surface area contributed by atoms with Crippen molar-refractivity contribution >= 4 is 5.97 Å². The van der Waals surface area contributed by atoms with Crippen LogP contribution in [-0.2, 0) is 9.53 Å². The van der Waals surface area contributed by atoms with Crippen molar-refractivity contribution in [2.24, 2.45) is 0 Å². The van der Waals surface area contributed by atoms with Crippen LogP contribution in [0.2, 0.25) is 0 Å².